The quantitative estimate of drug-likeness (QED) is 0.406. The summed E-state index contributed by atoms with van der Waals surface area (Å²) in [7, 11) is 4.15. The molecule has 0 bridgehead atoms. The van der Waals surface area contributed by atoms with Crippen molar-refractivity contribution < 1.29 is 0 Å². The molecule has 0 radical (unpaired) electrons. The highest BCUT2D eigenvalue weighted by Gasteiger charge is 2.14. The number of anilines is 1. The number of thiophene rings is 1. The van der Waals surface area contributed by atoms with Gasteiger partial charge in [-0.1, -0.05) is 23.4 Å². The Morgan fingerprint density at radius 1 is 1.33 bits per heavy atom. The first kappa shape index (κ1) is 17.4. The van der Waals surface area contributed by atoms with Gasteiger partial charge in [0.05, 0.1) is 15.6 Å². The number of fused-ring (bicyclic) bond motifs is 1. The van der Waals surface area contributed by atoms with Crippen LogP contribution < -0.4 is 5.73 Å². The van der Waals surface area contributed by atoms with Crippen LogP contribution in [0.2, 0.25) is 5.15 Å². The molecule has 5 nitrogen and oxygen atoms in total. The maximum absolute atomic E-state index is 5.95. The lowest BCUT2D eigenvalue weighted by atomic mass is 10.1. The van der Waals surface area contributed by atoms with Crippen molar-refractivity contribution in [2.45, 2.75) is 23.9 Å². The molecular formula is C16H18ClN5S2. The minimum Gasteiger partial charge on any atom is -0.384 e. The van der Waals surface area contributed by atoms with Gasteiger partial charge in [-0.05, 0) is 38.0 Å². The fourth-order valence-electron chi connectivity index (χ4n) is 2.37. The number of pyridine rings is 1. The van der Waals surface area contributed by atoms with Crippen molar-refractivity contribution in [2.75, 3.05) is 19.8 Å². The van der Waals surface area contributed by atoms with Crippen LogP contribution >= 0.6 is 34.7 Å². The minimum absolute atomic E-state index is 0.0966. The van der Waals surface area contributed by atoms with Crippen molar-refractivity contribution in [3.05, 3.63) is 40.1 Å². The topological polar surface area (TPSA) is 67.9 Å². The number of hydrogen-bond donors (Lipinski definition) is 1. The summed E-state index contributed by atoms with van der Waals surface area (Å²) < 4.78 is 1.20. The lowest BCUT2D eigenvalue weighted by Crippen LogP contribution is -2.10. The zero-order valence-electron chi connectivity index (χ0n) is 13.7. The highest BCUT2D eigenvalue weighted by atomic mass is 35.5. The molecule has 2 N–H and O–H groups in total. The van der Waals surface area contributed by atoms with Crippen LogP contribution in [0.25, 0.3) is 10.1 Å². The van der Waals surface area contributed by atoms with Gasteiger partial charge in [-0.25, -0.2) is 9.97 Å². The number of thioether (sulfide) groups is 1. The Hall–Kier alpha value is -1.41. The van der Waals surface area contributed by atoms with Gasteiger partial charge in [0.1, 0.15) is 11.0 Å². The van der Waals surface area contributed by atoms with Crippen LogP contribution in [-0.4, -0.2) is 33.9 Å². The highest BCUT2D eigenvalue weighted by molar-refractivity contribution is 7.99. The number of nitrogen functional groups attached to an aromatic ring is 1. The van der Waals surface area contributed by atoms with Crippen molar-refractivity contribution in [1.82, 2.24) is 19.9 Å². The molecule has 0 saturated heterocycles. The first-order valence-corrected chi connectivity index (χ1v) is 9.53. The summed E-state index contributed by atoms with van der Waals surface area (Å²) in [6, 6.07) is 3.70. The molecule has 0 amide bonds. The second-order valence-electron chi connectivity index (χ2n) is 5.76. The molecule has 0 aliphatic rings. The molecule has 0 aliphatic carbocycles. The van der Waals surface area contributed by atoms with Crippen LogP contribution in [0.1, 0.15) is 23.4 Å². The van der Waals surface area contributed by atoms with E-state index in [0.717, 1.165) is 12.2 Å². The van der Waals surface area contributed by atoms with Crippen molar-refractivity contribution in [1.29, 1.82) is 0 Å². The number of hydrogen-bond acceptors (Lipinski definition) is 7. The molecule has 3 aromatic heterocycles. The van der Waals surface area contributed by atoms with Crippen LogP contribution in [0.5, 0.6) is 0 Å². The second kappa shape index (κ2) is 7.23. The normalized spacial score (nSPS) is 12.9. The predicted molar refractivity (Wildman–Crippen MR) is 103 cm³/mol. The van der Waals surface area contributed by atoms with Gasteiger partial charge in [0.25, 0.3) is 0 Å². The summed E-state index contributed by atoms with van der Waals surface area (Å²) in [5, 5.41) is 4.48. The third-order valence-corrected chi connectivity index (χ3v) is 5.61. The minimum atomic E-state index is 0.0966. The van der Waals surface area contributed by atoms with Gasteiger partial charge in [-0.3, -0.25) is 4.98 Å². The lowest BCUT2D eigenvalue weighted by molar-refractivity contribution is 0.404. The molecule has 3 aromatic rings. The number of rotatable bonds is 5. The van der Waals surface area contributed by atoms with Crippen LogP contribution in [0.3, 0.4) is 0 Å². The van der Waals surface area contributed by atoms with Gasteiger partial charge < -0.3 is 10.6 Å². The van der Waals surface area contributed by atoms with Gasteiger partial charge in [-0.2, -0.15) is 0 Å². The molecule has 3 heterocycles. The van der Waals surface area contributed by atoms with Gasteiger partial charge in [0.2, 0.25) is 0 Å². The van der Waals surface area contributed by atoms with E-state index < -0.39 is 0 Å². The smallest absolute Gasteiger partial charge is 0.191 e. The summed E-state index contributed by atoms with van der Waals surface area (Å²) in [6.07, 6.45) is 1.94. The average molecular weight is 380 g/mol. The van der Waals surface area contributed by atoms with Gasteiger partial charge in [0, 0.05) is 24.2 Å². The molecule has 24 heavy (non-hydrogen) atoms. The fourth-order valence-corrected chi connectivity index (χ4v) is 4.39. The molecule has 0 aliphatic heterocycles. The maximum atomic E-state index is 5.95. The van der Waals surface area contributed by atoms with Crippen molar-refractivity contribution in [3.8, 4) is 0 Å². The van der Waals surface area contributed by atoms with Gasteiger partial charge in [-0.15, -0.1) is 11.3 Å². The Morgan fingerprint density at radius 2 is 2.12 bits per heavy atom. The number of nitrogens with zero attached hydrogens (tertiary/aromatic N) is 4. The maximum Gasteiger partial charge on any atom is 0.191 e. The largest absolute Gasteiger partial charge is 0.384 e. The van der Waals surface area contributed by atoms with E-state index in [-0.39, 0.29) is 5.25 Å². The number of nitrogens with two attached hydrogens (primary N) is 1. The van der Waals surface area contributed by atoms with Gasteiger partial charge in [0.15, 0.2) is 5.16 Å². The van der Waals surface area contributed by atoms with Crippen LogP contribution in [0, 0.1) is 0 Å². The van der Waals surface area contributed by atoms with E-state index in [0.29, 0.717) is 16.1 Å². The standard InChI is InChI=1S/C16H18ClN5S2/c1-9(24-16-20-14(17)5-15(18)21-16)12-4-11-10(7-22(2)3)8-23-13(11)6-19-12/h4-6,8-9H,7H2,1-3H3,(H2,18,20,21). The molecule has 0 fully saturated rings. The van der Waals surface area contributed by atoms with Crippen LogP contribution in [-0.2, 0) is 6.54 Å². The first-order valence-electron chi connectivity index (χ1n) is 7.40. The van der Waals surface area contributed by atoms with E-state index in [2.05, 4.69) is 52.3 Å². The van der Waals surface area contributed by atoms with E-state index in [9.17, 15) is 0 Å². The molecule has 126 valence electrons. The summed E-state index contributed by atoms with van der Waals surface area (Å²) in [5.74, 6) is 0.374. The predicted octanol–water partition coefficient (Wildman–Crippen LogP) is 4.24. The van der Waals surface area contributed by atoms with Crippen LogP contribution in [0.15, 0.2) is 28.9 Å². The molecule has 1 atom stereocenters. The molecule has 8 heteroatoms. The Morgan fingerprint density at radius 3 is 2.83 bits per heavy atom. The van der Waals surface area contributed by atoms with Crippen molar-refractivity contribution in [3.63, 3.8) is 0 Å². The van der Waals surface area contributed by atoms with E-state index in [4.69, 9.17) is 17.3 Å². The van der Waals surface area contributed by atoms with E-state index in [1.807, 2.05) is 6.20 Å². The summed E-state index contributed by atoms with van der Waals surface area (Å²) >= 11 is 9.18. The molecule has 0 spiro atoms. The Bertz CT molecular complexity index is 845. The van der Waals surface area contributed by atoms with Crippen molar-refractivity contribution in [2.24, 2.45) is 0 Å². The summed E-state index contributed by atoms with van der Waals surface area (Å²) in [5.41, 5.74) is 8.05. The van der Waals surface area contributed by atoms with E-state index in [1.54, 1.807) is 17.4 Å². The summed E-state index contributed by atoms with van der Waals surface area (Å²) in [4.78, 5) is 15.2. The van der Waals surface area contributed by atoms with E-state index in [1.165, 1.54) is 27.4 Å². The SMILES string of the molecule is CC(Sc1nc(N)cc(Cl)n1)c1cc2c(CN(C)C)csc2cn1. The summed E-state index contributed by atoms with van der Waals surface area (Å²) in [6.45, 7) is 3.00. The molecule has 0 aromatic carbocycles. The highest BCUT2D eigenvalue weighted by Crippen LogP contribution is 2.35. The Labute approximate surface area is 154 Å². The monoisotopic (exact) mass is 379 g/mol. The van der Waals surface area contributed by atoms with E-state index >= 15 is 0 Å². The molecule has 1 unspecified atom stereocenters. The number of halogens is 1. The van der Waals surface area contributed by atoms with Crippen molar-refractivity contribution >= 4 is 50.6 Å². The number of aromatic nitrogens is 3. The lowest BCUT2D eigenvalue weighted by Gasteiger charge is -2.12. The average Bonchev–Trinajstić information content (AvgIpc) is 2.88. The molecule has 3 rings (SSSR count). The molecule has 0 saturated carbocycles. The Kier molecular flexibility index (Phi) is 5.24. The third kappa shape index (κ3) is 3.97. The molecular weight excluding hydrogens is 362 g/mol. The third-order valence-electron chi connectivity index (χ3n) is 3.44. The van der Waals surface area contributed by atoms with Crippen LogP contribution in [0.4, 0.5) is 5.82 Å². The first-order chi connectivity index (χ1) is 11.4. The van der Waals surface area contributed by atoms with Gasteiger partial charge >= 0.3 is 0 Å². The fraction of sp³-hybridized carbons (Fsp3) is 0.312. The zero-order valence-corrected chi connectivity index (χ0v) is 16.0. The zero-order chi connectivity index (χ0) is 17.3. The Balaban J connectivity index is 1.87. The second-order valence-corrected chi connectivity index (χ2v) is 8.37.